The molecule has 33 heavy (non-hydrogen) atoms. The molecule has 1 saturated carbocycles. The van der Waals surface area contributed by atoms with Gasteiger partial charge in [0.15, 0.2) is 5.78 Å². The number of para-hydroxylation sites is 1. The Morgan fingerprint density at radius 2 is 1.33 bits per heavy atom. The summed E-state index contributed by atoms with van der Waals surface area (Å²) in [5.74, 6) is 0.126. The van der Waals surface area contributed by atoms with Gasteiger partial charge in [0.25, 0.3) is 8.32 Å². The van der Waals surface area contributed by atoms with Gasteiger partial charge in [-0.2, -0.15) is 0 Å². The molecule has 3 aromatic rings. The first-order chi connectivity index (χ1) is 15.9. The minimum atomic E-state index is -2.66. The van der Waals surface area contributed by atoms with E-state index in [1.165, 1.54) is 10.4 Å². The Balaban J connectivity index is 1.63. The summed E-state index contributed by atoms with van der Waals surface area (Å²) in [6.45, 7) is 6.83. The standard InChI is InChI=1S/C28H33NO3Si/c1-28(2,3)33(24-15-9-5-10-16-24,25-17-11-6-12-18-25)32-23-19-20-26(30)27(21-23)31-29-22-13-7-4-8-14-22/h4-18,23,27,29H,19-21H2,1-3H3/t23-,27-/m1/s1. The van der Waals surface area contributed by atoms with Crippen molar-refractivity contribution in [3.05, 3.63) is 91.0 Å². The molecule has 1 N–H and O–H groups in total. The molecule has 2 atom stereocenters. The summed E-state index contributed by atoms with van der Waals surface area (Å²) in [7, 11) is -2.66. The largest absolute Gasteiger partial charge is 0.404 e. The lowest BCUT2D eigenvalue weighted by molar-refractivity contribution is -0.134. The molecule has 172 valence electrons. The van der Waals surface area contributed by atoms with Gasteiger partial charge in [0, 0.05) is 18.9 Å². The van der Waals surface area contributed by atoms with Crippen LogP contribution < -0.4 is 15.9 Å². The number of ketones is 1. The third-order valence-corrected chi connectivity index (χ3v) is 11.5. The van der Waals surface area contributed by atoms with Gasteiger partial charge < -0.3 is 4.43 Å². The highest BCUT2D eigenvalue weighted by Gasteiger charge is 2.52. The number of anilines is 1. The van der Waals surface area contributed by atoms with Crippen LogP contribution in [0.15, 0.2) is 91.0 Å². The van der Waals surface area contributed by atoms with Crippen molar-refractivity contribution in [3.63, 3.8) is 0 Å². The van der Waals surface area contributed by atoms with Gasteiger partial charge in [-0.25, -0.2) is 0 Å². The van der Waals surface area contributed by atoms with Gasteiger partial charge in [0.1, 0.15) is 6.10 Å². The van der Waals surface area contributed by atoms with E-state index < -0.39 is 14.4 Å². The normalized spacial score (nSPS) is 19.3. The summed E-state index contributed by atoms with van der Waals surface area (Å²) in [4.78, 5) is 18.5. The van der Waals surface area contributed by atoms with Crippen LogP contribution in [-0.4, -0.2) is 26.3 Å². The highest BCUT2D eigenvalue weighted by Crippen LogP contribution is 2.39. The molecule has 0 saturated heterocycles. The van der Waals surface area contributed by atoms with E-state index in [1.54, 1.807) is 0 Å². The van der Waals surface area contributed by atoms with Gasteiger partial charge in [-0.05, 0) is 34.0 Å². The average Bonchev–Trinajstić information content (AvgIpc) is 2.83. The smallest absolute Gasteiger partial charge is 0.261 e. The van der Waals surface area contributed by atoms with Crippen LogP contribution in [0.1, 0.15) is 40.0 Å². The predicted octanol–water partition coefficient (Wildman–Crippen LogP) is 5.10. The Morgan fingerprint density at radius 1 is 0.818 bits per heavy atom. The van der Waals surface area contributed by atoms with Gasteiger partial charge in [-0.15, -0.1) is 0 Å². The topological polar surface area (TPSA) is 47.6 Å². The Hall–Kier alpha value is -2.73. The molecule has 4 nitrogen and oxygen atoms in total. The molecule has 4 rings (SSSR count). The third-order valence-electron chi connectivity index (χ3n) is 6.40. The fraction of sp³-hybridized carbons (Fsp3) is 0.321. The Labute approximate surface area is 198 Å². The predicted molar refractivity (Wildman–Crippen MR) is 136 cm³/mol. The molecule has 0 bridgehead atoms. The van der Waals surface area contributed by atoms with E-state index in [-0.39, 0.29) is 16.9 Å². The zero-order valence-electron chi connectivity index (χ0n) is 19.7. The number of hydrogen-bond acceptors (Lipinski definition) is 4. The van der Waals surface area contributed by atoms with Crippen molar-refractivity contribution in [3.8, 4) is 0 Å². The van der Waals surface area contributed by atoms with E-state index in [0.29, 0.717) is 19.3 Å². The maximum Gasteiger partial charge on any atom is 0.261 e. The van der Waals surface area contributed by atoms with Crippen LogP contribution in [0.3, 0.4) is 0 Å². The molecule has 0 amide bonds. The van der Waals surface area contributed by atoms with Gasteiger partial charge in [0.05, 0.1) is 5.69 Å². The fourth-order valence-corrected chi connectivity index (χ4v) is 9.49. The van der Waals surface area contributed by atoms with Crippen molar-refractivity contribution in [2.75, 3.05) is 5.48 Å². The molecule has 1 aliphatic carbocycles. The molecule has 1 aliphatic rings. The highest BCUT2D eigenvalue weighted by atomic mass is 28.4. The van der Waals surface area contributed by atoms with E-state index in [1.807, 2.05) is 30.3 Å². The zero-order chi connectivity index (χ0) is 23.3. The van der Waals surface area contributed by atoms with E-state index in [0.717, 1.165) is 5.69 Å². The van der Waals surface area contributed by atoms with Gasteiger partial charge in [0.2, 0.25) is 0 Å². The summed E-state index contributed by atoms with van der Waals surface area (Å²) in [6.07, 6.45) is 1.14. The molecular weight excluding hydrogens is 426 g/mol. The first kappa shape index (κ1) is 23.4. The maximum absolute atomic E-state index is 12.7. The number of carbonyl (C=O) groups excluding carboxylic acids is 1. The van der Waals surface area contributed by atoms with E-state index in [4.69, 9.17) is 9.26 Å². The highest BCUT2D eigenvalue weighted by molar-refractivity contribution is 6.99. The van der Waals surface area contributed by atoms with Crippen LogP contribution >= 0.6 is 0 Å². The van der Waals surface area contributed by atoms with Gasteiger partial charge in [-0.3, -0.25) is 15.1 Å². The lowest BCUT2D eigenvalue weighted by Crippen LogP contribution is -2.68. The van der Waals surface area contributed by atoms with Crippen LogP contribution in [0.2, 0.25) is 5.04 Å². The van der Waals surface area contributed by atoms with E-state index in [2.05, 4.69) is 86.9 Å². The minimum Gasteiger partial charge on any atom is -0.404 e. The van der Waals surface area contributed by atoms with Gasteiger partial charge >= 0.3 is 0 Å². The van der Waals surface area contributed by atoms with E-state index in [9.17, 15) is 4.79 Å². The number of nitrogens with one attached hydrogen (secondary N) is 1. The third kappa shape index (κ3) is 5.11. The first-order valence-corrected chi connectivity index (χ1v) is 13.6. The quantitative estimate of drug-likeness (QED) is 0.395. The molecule has 0 radical (unpaired) electrons. The van der Waals surface area contributed by atoms with Gasteiger partial charge in [-0.1, -0.05) is 99.6 Å². The molecule has 0 aromatic heterocycles. The van der Waals surface area contributed by atoms with Crippen LogP contribution in [-0.2, 0) is 14.1 Å². The van der Waals surface area contributed by atoms with Crippen molar-refractivity contribution in [1.29, 1.82) is 0 Å². The number of rotatable bonds is 7. The summed E-state index contributed by atoms with van der Waals surface area (Å²) in [5.41, 5.74) is 3.79. The molecule has 0 unspecified atom stereocenters. The summed E-state index contributed by atoms with van der Waals surface area (Å²) in [5, 5.41) is 2.40. The van der Waals surface area contributed by atoms with Crippen molar-refractivity contribution in [2.45, 2.75) is 57.3 Å². The lowest BCUT2D eigenvalue weighted by Gasteiger charge is -2.46. The summed E-state index contributed by atoms with van der Waals surface area (Å²) in [6, 6.07) is 30.9. The SMILES string of the molecule is CC(C)(C)[Si](O[C@@H]1CCC(=O)[C@H](ONc2ccccc2)C1)(c1ccccc1)c1ccccc1. The van der Waals surface area contributed by atoms with E-state index >= 15 is 0 Å². The molecule has 0 heterocycles. The van der Waals surface area contributed by atoms with Crippen LogP contribution in [0.5, 0.6) is 0 Å². The second-order valence-corrected chi connectivity index (χ2v) is 14.0. The molecule has 5 heteroatoms. The summed E-state index contributed by atoms with van der Waals surface area (Å²) < 4.78 is 7.23. The minimum absolute atomic E-state index is 0.0587. The average molecular weight is 460 g/mol. The van der Waals surface area contributed by atoms with Crippen molar-refractivity contribution in [1.82, 2.24) is 0 Å². The Morgan fingerprint density at radius 3 is 1.85 bits per heavy atom. The molecule has 3 aromatic carbocycles. The monoisotopic (exact) mass is 459 g/mol. The van der Waals surface area contributed by atoms with Crippen LogP contribution in [0.4, 0.5) is 5.69 Å². The number of Topliss-reactive ketones (excluding diaryl/α,β-unsaturated/α-hetero) is 1. The molecular formula is C28H33NO3Si. The van der Waals surface area contributed by atoms with Crippen molar-refractivity contribution >= 4 is 30.2 Å². The van der Waals surface area contributed by atoms with Crippen molar-refractivity contribution in [2.24, 2.45) is 0 Å². The number of carbonyl (C=O) groups is 1. The second-order valence-electron chi connectivity index (χ2n) is 9.72. The Bertz CT molecular complexity index is 996. The molecule has 0 spiro atoms. The maximum atomic E-state index is 12.7. The van der Waals surface area contributed by atoms with Crippen molar-refractivity contribution < 1.29 is 14.1 Å². The van der Waals surface area contributed by atoms with Crippen LogP contribution in [0, 0.1) is 0 Å². The second kappa shape index (κ2) is 10.0. The fourth-order valence-electron chi connectivity index (χ4n) is 4.76. The molecule has 0 aliphatic heterocycles. The Kier molecular flexibility index (Phi) is 7.13. The number of hydrogen-bond donors (Lipinski definition) is 1. The van der Waals surface area contributed by atoms with Crippen LogP contribution in [0.25, 0.3) is 0 Å². The zero-order valence-corrected chi connectivity index (χ0v) is 20.7. The summed E-state index contributed by atoms with van der Waals surface area (Å²) >= 11 is 0. The lowest BCUT2D eigenvalue weighted by atomic mass is 9.94. The number of benzene rings is 3. The first-order valence-electron chi connectivity index (χ1n) is 11.7. The molecule has 1 fully saturated rings.